The van der Waals surface area contributed by atoms with Crippen molar-refractivity contribution in [2.24, 2.45) is 0 Å². The Morgan fingerprint density at radius 2 is 1.29 bits per heavy atom. The van der Waals surface area contributed by atoms with Crippen LogP contribution in [0.15, 0.2) is 35.2 Å². The fraction of sp³-hybridized carbons (Fsp3) is 0.556. The summed E-state index contributed by atoms with van der Waals surface area (Å²) in [5.74, 6) is 0.790. The fourth-order valence-electron chi connectivity index (χ4n) is 3.54. The smallest absolute Gasteiger partial charge is 0.185 e. The zero-order chi connectivity index (χ0) is 14.7. The summed E-state index contributed by atoms with van der Waals surface area (Å²) < 4.78 is 0. The molecule has 0 radical (unpaired) electrons. The Morgan fingerprint density at radius 1 is 0.762 bits per heavy atom. The third-order valence-corrected chi connectivity index (χ3v) is 7.67. The molecule has 0 spiro atoms. The van der Waals surface area contributed by atoms with Crippen molar-refractivity contribution in [1.82, 2.24) is 0 Å². The van der Waals surface area contributed by atoms with Gasteiger partial charge in [0, 0.05) is 36.6 Å². The summed E-state index contributed by atoms with van der Waals surface area (Å²) in [4.78, 5) is 26.1. The van der Waals surface area contributed by atoms with E-state index in [0.717, 1.165) is 38.5 Å². The molecule has 112 valence electrons. The molecule has 1 aromatic rings. The summed E-state index contributed by atoms with van der Waals surface area (Å²) in [6.07, 6.45) is 7.69. The van der Waals surface area contributed by atoms with Crippen molar-refractivity contribution in [2.45, 2.75) is 66.8 Å². The molecule has 2 aliphatic rings. The fourth-order valence-corrected chi connectivity index (χ4v) is 6.71. The number of hydrogen-bond acceptors (Lipinski definition) is 2. The molecule has 2 aliphatic carbocycles. The predicted molar refractivity (Wildman–Crippen MR) is 86.6 cm³/mol. The second kappa shape index (κ2) is 6.78. The summed E-state index contributed by atoms with van der Waals surface area (Å²) >= 11 is 0. The van der Waals surface area contributed by atoms with Crippen LogP contribution in [0.1, 0.15) is 51.4 Å². The van der Waals surface area contributed by atoms with Gasteiger partial charge in [-0.3, -0.25) is 9.59 Å². The van der Waals surface area contributed by atoms with E-state index in [1.165, 1.54) is 4.90 Å². The molecule has 3 heteroatoms. The maximum Gasteiger partial charge on any atom is 0.185 e. The van der Waals surface area contributed by atoms with Crippen LogP contribution >= 0.6 is 0 Å². The summed E-state index contributed by atoms with van der Waals surface area (Å²) in [5, 5.41) is 0.182. The number of hydrogen-bond donors (Lipinski definition) is 0. The zero-order valence-corrected chi connectivity index (χ0v) is 13.2. The van der Waals surface area contributed by atoms with Crippen molar-refractivity contribution in [3.8, 4) is 0 Å². The van der Waals surface area contributed by atoms with E-state index in [1.807, 2.05) is 18.2 Å². The molecular formula is C18H23O2S+. The standard InChI is InChI=1S/C18H23O2S/c19-15-10-4-6-12-17(15)21(14-8-2-1-3-9-14)18-13-7-5-11-16(18)20/h1-3,8-9,17-18H,4-7,10-13H2/q+1. The van der Waals surface area contributed by atoms with Gasteiger partial charge in [0.2, 0.25) is 0 Å². The van der Waals surface area contributed by atoms with Gasteiger partial charge in [0.1, 0.15) is 0 Å². The van der Waals surface area contributed by atoms with E-state index in [0.29, 0.717) is 24.4 Å². The minimum Gasteiger partial charge on any atom is -0.294 e. The molecule has 21 heavy (non-hydrogen) atoms. The van der Waals surface area contributed by atoms with Gasteiger partial charge in [-0.2, -0.15) is 0 Å². The SMILES string of the molecule is O=C1CCCCC1[S+](c1ccccc1)C1CCCCC1=O. The minimum absolute atomic E-state index is 0.0909. The molecule has 2 unspecified atom stereocenters. The highest BCUT2D eigenvalue weighted by Gasteiger charge is 2.48. The van der Waals surface area contributed by atoms with Crippen LogP contribution in [-0.4, -0.2) is 22.1 Å². The van der Waals surface area contributed by atoms with E-state index < -0.39 is 0 Å². The Labute approximate surface area is 129 Å². The van der Waals surface area contributed by atoms with E-state index in [-0.39, 0.29) is 21.4 Å². The first kappa shape index (κ1) is 14.8. The van der Waals surface area contributed by atoms with E-state index >= 15 is 0 Å². The van der Waals surface area contributed by atoms with Gasteiger partial charge in [-0.1, -0.05) is 18.2 Å². The van der Waals surface area contributed by atoms with Gasteiger partial charge in [0.15, 0.2) is 27.0 Å². The van der Waals surface area contributed by atoms with Gasteiger partial charge in [-0.25, -0.2) is 0 Å². The lowest BCUT2D eigenvalue weighted by Gasteiger charge is -2.28. The van der Waals surface area contributed by atoms with E-state index in [4.69, 9.17) is 0 Å². The van der Waals surface area contributed by atoms with Gasteiger partial charge in [-0.05, 0) is 37.8 Å². The predicted octanol–water partition coefficient (Wildman–Crippen LogP) is 3.69. The number of carbonyl (C=O) groups is 2. The molecule has 2 fully saturated rings. The molecule has 1 aromatic carbocycles. The molecule has 2 nitrogen and oxygen atoms in total. The number of ketones is 2. The Morgan fingerprint density at radius 3 is 1.76 bits per heavy atom. The quantitative estimate of drug-likeness (QED) is 0.798. The van der Waals surface area contributed by atoms with Crippen LogP contribution in [0.5, 0.6) is 0 Å². The minimum atomic E-state index is -0.220. The van der Waals surface area contributed by atoms with Crippen LogP contribution in [0.4, 0.5) is 0 Å². The molecule has 0 amide bonds. The van der Waals surface area contributed by atoms with Gasteiger partial charge < -0.3 is 0 Å². The van der Waals surface area contributed by atoms with Gasteiger partial charge >= 0.3 is 0 Å². The second-order valence-electron chi connectivity index (χ2n) is 6.09. The van der Waals surface area contributed by atoms with Gasteiger partial charge in [0.05, 0.1) is 0 Å². The third-order valence-electron chi connectivity index (χ3n) is 4.63. The highest BCUT2D eigenvalue weighted by Crippen LogP contribution is 2.35. The largest absolute Gasteiger partial charge is 0.294 e. The molecule has 2 saturated carbocycles. The average Bonchev–Trinajstić information content (AvgIpc) is 2.52. The first-order valence-corrected chi connectivity index (χ1v) is 9.45. The second-order valence-corrected chi connectivity index (χ2v) is 8.44. The van der Waals surface area contributed by atoms with Crippen molar-refractivity contribution in [2.75, 3.05) is 0 Å². The van der Waals surface area contributed by atoms with E-state index in [1.54, 1.807) is 0 Å². The summed E-state index contributed by atoms with van der Waals surface area (Å²) in [7, 11) is -0.220. The number of Topliss-reactive ketones (excluding diaryl/α,β-unsaturated/α-hetero) is 2. The zero-order valence-electron chi connectivity index (χ0n) is 12.4. The highest BCUT2D eigenvalue weighted by molar-refractivity contribution is 7.99. The van der Waals surface area contributed by atoms with Gasteiger partial charge in [-0.15, -0.1) is 0 Å². The average molecular weight is 303 g/mol. The first-order chi connectivity index (χ1) is 10.3. The molecule has 0 aromatic heterocycles. The van der Waals surface area contributed by atoms with Crippen molar-refractivity contribution < 1.29 is 9.59 Å². The molecule has 0 saturated heterocycles. The number of benzene rings is 1. The Bertz CT molecular complexity index is 483. The highest BCUT2D eigenvalue weighted by atomic mass is 32.2. The van der Waals surface area contributed by atoms with Crippen LogP contribution in [0.2, 0.25) is 0 Å². The lowest BCUT2D eigenvalue weighted by Crippen LogP contribution is -2.44. The number of rotatable bonds is 3. The first-order valence-electron chi connectivity index (χ1n) is 8.10. The van der Waals surface area contributed by atoms with E-state index in [9.17, 15) is 9.59 Å². The molecule has 2 atom stereocenters. The molecule has 0 N–H and O–H groups in total. The lowest BCUT2D eigenvalue weighted by atomic mass is 9.98. The molecule has 0 aliphatic heterocycles. The normalized spacial score (nSPS) is 28.4. The summed E-state index contributed by atoms with van der Waals surface area (Å²) in [6.45, 7) is 0. The van der Waals surface area contributed by atoms with Crippen molar-refractivity contribution in [3.63, 3.8) is 0 Å². The monoisotopic (exact) mass is 303 g/mol. The van der Waals surface area contributed by atoms with Crippen LogP contribution in [0.3, 0.4) is 0 Å². The van der Waals surface area contributed by atoms with Crippen molar-refractivity contribution >= 4 is 22.5 Å². The maximum atomic E-state index is 12.5. The lowest BCUT2D eigenvalue weighted by molar-refractivity contribution is -0.119. The van der Waals surface area contributed by atoms with Crippen LogP contribution < -0.4 is 0 Å². The van der Waals surface area contributed by atoms with Crippen molar-refractivity contribution in [1.29, 1.82) is 0 Å². The Kier molecular flexibility index (Phi) is 4.79. The summed E-state index contributed by atoms with van der Waals surface area (Å²) in [5.41, 5.74) is 0. The van der Waals surface area contributed by atoms with Crippen molar-refractivity contribution in [3.05, 3.63) is 30.3 Å². The molecular weight excluding hydrogens is 280 g/mol. The van der Waals surface area contributed by atoms with E-state index in [2.05, 4.69) is 12.1 Å². The van der Waals surface area contributed by atoms with Crippen LogP contribution in [0, 0.1) is 0 Å². The molecule has 3 rings (SSSR count). The van der Waals surface area contributed by atoms with Crippen LogP contribution in [-0.2, 0) is 20.5 Å². The molecule has 0 heterocycles. The van der Waals surface area contributed by atoms with Gasteiger partial charge in [0.25, 0.3) is 0 Å². The van der Waals surface area contributed by atoms with Crippen LogP contribution in [0.25, 0.3) is 0 Å². The Hall–Kier alpha value is -1.09. The summed E-state index contributed by atoms with van der Waals surface area (Å²) in [6, 6.07) is 10.3. The molecule has 0 bridgehead atoms. The topological polar surface area (TPSA) is 34.1 Å². The number of carbonyl (C=O) groups excluding carboxylic acids is 2. The maximum absolute atomic E-state index is 12.5. The Balaban J connectivity index is 1.94. The third kappa shape index (κ3) is 3.23.